The first-order valence-corrected chi connectivity index (χ1v) is 13.1. The highest BCUT2D eigenvalue weighted by atomic mass is 16.6. The van der Waals surface area contributed by atoms with Gasteiger partial charge in [-0.3, -0.25) is 9.36 Å². The van der Waals surface area contributed by atoms with Crippen LogP contribution in [0.15, 0.2) is 79.4 Å². The van der Waals surface area contributed by atoms with Crippen molar-refractivity contribution in [1.82, 2.24) is 24.8 Å². The minimum atomic E-state index is -2.16. The van der Waals surface area contributed by atoms with Gasteiger partial charge in [-0.15, -0.1) is 0 Å². The first-order chi connectivity index (χ1) is 20.3. The van der Waals surface area contributed by atoms with E-state index >= 15 is 0 Å². The van der Waals surface area contributed by atoms with Gasteiger partial charge in [0.25, 0.3) is 0 Å². The Morgan fingerprint density at radius 2 is 1.86 bits per heavy atom. The molecular formula is C28H30N8O6. The standard InChI is InChI=1S/C28H30N8O6/c29-12-13-31-20(38)15-27(23(40)22(39)26(42-27)36-17-34-21-24(30)32-16-33-25(21)36)28(11-14-37,35-18-7-3-1-4-8-18)41-19-9-5-2-6-10-19/h1-11,16-17,22-23,26,35,39-40H,12-13,15,29H2,(H,31,38)(H2,30,32,33)/t22-,23+,26-,27+,28?/m1/s1. The highest BCUT2D eigenvalue weighted by Gasteiger charge is 2.68. The van der Waals surface area contributed by atoms with Crippen LogP contribution < -0.4 is 26.8 Å². The van der Waals surface area contributed by atoms with Crippen LogP contribution in [-0.4, -0.2) is 78.2 Å². The van der Waals surface area contributed by atoms with Crippen molar-refractivity contribution in [1.29, 1.82) is 0 Å². The lowest BCUT2D eigenvalue weighted by molar-refractivity contribution is -0.182. The van der Waals surface area contributed by atoms with Gasteiger partial charge in [0.2, 0.25) is 11.6 Å². The Hall–Kier alpha value is -4.85. The molecule has 1 fully saturated rings. The Labute approximate surface area is 240 Å². The minimum absolute atomic E-state index is 0.0931. The lowest BCUT2D eigenvalue weighted by Gasteiger charge is -2.47. The molecule has 1 saturated heterocycles. The third-order valence-electron chi connectivity index (χ3n) is 6.99. The van der Waals surface area contributed by atoms with Crippen LogP contribution >= 0.6 is 0 Å². The van der Waals surface area contributed by atoms with Gasteiger partial charge in [-0.1, -0.05) is 36.4 Å². The quantitative estimate of drug-likeness (QED) is 0.104. The number of amides is 1. The normalized spacial score (nSPS) is 23.1. The van der Waals surface area contributed by atoms with Gasteiger partial charge in [0.05, 0.1) is 18.8 Å². The number of nitrogen functional groups attached to an aromatic ring is 1. The molecule has 0 saturated carbocycles. The second-order valence-corrected chi connectivity index (χ2v) is 9.64. The molecule has 0 aliphatic carbocycles. The minimum Gasteiger partial charge on any atom is -0.460 e. The molecule has 14 nitrogen and oxygen atoms in total. The van der Waals surface area contributed by atoms with Crippen molar-refractivity contribution in [2.45, 2.75) is 36.2 Å². The predicted octanol–water partition coefficient (Wildman–Crippen LogP) is 0.138. The molecule has 4 aromatic rings. The van der Waals surface area contributed by atoms with Crippen molar-refractivity contribution in [3.05, 3.63) is 79.4 Å². The first-order valence-electron chi connectivity index (χ1n) is 13.1. The van der Waals surface area contributed by atoms with Crippen LogP contribution in [0, 0.1) is 0 Å². The predicted molar refractivity (Wildman–Crippen MR) is 151 cm³/mol. The molecule has 5 rings (SSSR count). The van der Waals surface area contributed by atoms with Crippen LogP contribution in [0.3, 0.4) is 0 Å². The van der Waals surface area contributed by atoms with Crippen LogP contribution in [0.5, 0.6) is 5.75 Å². The average molecular weight is 575 g/mol. The van der Waals surface area contributed by atoms with Gasteiger partial charge in [0.1, 0.15) is 35.7 Å². The number of hydrogen-bond acceptors (Lipinski definition) is 12. The van der Waals surface area contributed by atoms with Crippen molar-refractivity contribution >= 4 is 34.5 Å². The number of nitrogens with zero attached hydrogens (tertiary/aromatic N) is 4. The molecule has 2 aromatic heterocycles. The van der Waals surface area contributed by atoms with E-state index in [1.807, 2.05) is 0 Å². The zero-order valence-corrected chi connectivity index (χ0v) is 22.3. The number of hydrogen-bond donors (Lipinski definition) is 6. The summed E-state index contributed by atoms with van der Waals surface area (Å²) >= 11 is 0. The number of fused-ring (bicyclic) bond motifs is 1. The maximum Gasteiger partial charge on any atom is 0.243 e. The number of carbonyl (C=O) groups is 1. The number of aliphatic hydroxyl groups excluding tert-OH is 2. The fourth-order valence-electron chi connectivity index (χ4n) is 5.06. The molecule has 1 aliphatic rings. The van der Waals surface area contributed by atoms with Crippen LogP contribution in [0.4, 0.5) is 11.5 Å². The van der Waals surface area contributed by atoms with Gasteiger partial charge < -0.3 is 41.8 Å². The van der Waals surface area contributed by atoms with E-state index in [0.717, 1.165) is 6.08 Å². The molecule has 0 radical (unpaired) electrons. The second-order valence-electron chi connectivity index (χ2n) is 9.64. The van der Waals surface area contributed by atoms with Crippen molar-refractivity contribution in [2.75, 3.05) is 24.1 Å². The number of imidazole rings is 1. The van der Waals surface area contributed by atoms with E-state index in [1.165, 1.54) is 17.2 Å². The zero-order valence-electron chi connectivity index (χ0n) is 22.3. The fourth-order valence-corrected chi connectivity index (χ4v) is 5.06. The van der Waals surface area contributed by atoms with Gasteiger partial charge in [0, 0.05) is 18.8 Å². The third kappa shape index (κ3) is 5.16. The highest BCUT2D eigenvalue weighted by Crippen LogP contribution is 2.49. The Bertz CT molecular complexity index is 1540. The van der Waals surface area contributed by atoms with Gasteiger partial charge in [-0.2, -0.15) is 0 Å². The molecule has 42 heavy (non-hydrogen) atoms. The summed E-state index contributed by atoms with van der Waals surface area (Å²) in [5.74, 6) is 1.51. The molecule has 0 bridgehead atoms. The molecule has 0 spiro atoms. The topological polar surface area (TPSA) is 213 Å². The molecule has 1 aliphatic heterocycles. The molecule has 3 heterocycles. The van der Waals surface area contributed by atoms with Gasteiger partial charge in [-0.25, -0.2) is 19.7 Å². The SMILES string of the molecule is NCCNC(=O)C[C@]1(C(C=C=O)(Nc2ccccc2)Oc2ccccc2)O[C@@H](n2cnc3c(N)ncnc32)[C@H](O)[C@@H]1O. The van der Waals surface area contributed by atoms with Crippen LogP contribution in [-0.2, 0) is 14.3 Å². The number of aromatic nitrogens is 4. The second kappa shape index (κ2) is 11.9. The number of rotatable bonds is 11. The molecular weight excluding hydrogens is 544 g/mol. The molecule has 218 valence electrons. The number of nitrogens with one attached hydrogen (secondary N) is 2. The van der Waals surface area contributed by atoms with Crippen LogP contribution in [0.1, 0.15) is 12.6 Å². The van der Waals surface area contributed by atoms with E-state index in [0.29, 0.717) is 5.69 Å². The lowest BCUT2D eigenvalue weighted by Crippen LogP contribution is -2.68. The Morgan fingerprint density at radius 1 is 1.14 bits per heavy atom. The van der Waals surface area contributed by atoms with E-state index in [2.05, 4.69) is 25.6 Å². The summed E-state index contributed by atoms with van der Waals surface area (Å²) in [5, 5.41) is 29.2. The van der Waals surface area contributed by atoms with Crippen LogP contribution in [0.25, 0.3) is 11.2 Å². The van der Waals surface area contributed by atoms with E-state index in [4.69, 9.17) is 20.9 Å². The molecule has 1 unspecified atom stereocenters. The maximum atomic E-state index is 13.3. The van der Waals surface area contributed by atoms with Crippen molar-refractivity contribution in [3.63, 3.8) is 0 Å². The fraction of sp³-hybridized carbons (Fsp3) is 0.286. The smallest absolute Gasteiger partial charge is 0.243 e. The molecule has 5 atom stereocenters. The summed E-state index contributed by atoms with van der Waals surface area (Å²) in [4.78, 5) is 37.9. The number of anilines is 2. The van der Waals surface area contributed by atoms with E-state index in [1.54, 1.807) is 66.6 Å². The number of nitrogens with two attached hydrogens (primary N) is 2. The molecule has 14 heteroatoms. The summed E-state index contributed by atoms with van der Waals surface area (Å²) in [5.41, 5.74) is 8.17. The van der Waals surface area contributed by atoms with Crippen LogP contribution in [0.2, 0.25) is 0 Å². The van der Waals surface area contributed by atoms with Gasteiger partial charge in [-0.05, 0) is 24.3 Å². The first kappa shape index (κ1) is 28.7. The third-order valence-corrected chi connectivity index (χ3v) is 6.99. The van der Waals surface area contributed by atoms with E-state index in [9.17, 15) is 19.8 Å². The zero-order chi connectivity index (χ0) is 29.7. The number of benzene rings is 2. The molecule has 8 N–H and O–H groups in total. The highest BCUT2D eigenvalue weighted by molar-refractivity contribution is 5.81. The van der Waals surface area contributed by atoms with Gasteiger partial charge in [0.15, 0.2) is 23.3 Å². The number of ether oxygens (including phenoxy) is 2. The van der Waals surface area contributed by atoms with E-state index < -0.39 is 42.1 Å². The Balaban J connectivity index is 1.71. The average Bonchev–Trinajstić information content (AvgIpc) is 3.53. The summed E-state index contributed by atoms with van der Waals surface area (Å²) in [7, 11) is 0. The number of carbonyl (C=O) groups excluding carboxylic acids is 2. The number of para-hydroxylation sites is 2. The summed E-state index contributed by atoms with van der Waals surface area (Å²) in [6.45, 7) is 0.277. The number of aliphatic hydroxyl groups is 2. The van der Waals surface area contributed by atoms with E-state index in [-0.39, 0.29) is 35.8 Å². The summed E-state index contributed by atoms with van der Waals surface area (Å²) < 4.78 is 14.3. The van der Waals surface area contributed by atoms with Crippen molar-refractivity contribution < 1.29 is 29.3 Å². The Kier molecular flexibility index (Phi) is 8.15. The summed E-state index contributed by atoms with van der Waals surface area (Å²) in [6.07, 6.45) is -1.93. The van der Waals surface area contributed by atoms with Crippen molar-refractivity contribution in [3.8, 4) is 5.75 Å². The lowest BCUT2D eigenvalue weighted by atomic mass is 9.80. The van der Waals surface area contributed by atoms with Crippen molar-refractivity contribution in [2.24, 2.45) is 5.73 Å². The summed E-state index contributed by atoms with van der Waals surface area (Å²) in [6, 6.07) is 17.1. The maximum absolute atomic E-state index is 13.3. The Morgan fingerprint density at radius 3 is 2.55 bits per heavy atom. The largest absolute Gasteiger partial charge is 0.460 e. The molecule has 2 aromatic carbocycles. The monoisotopic (exact) mass is 574 g/mol. The molecule has 1 amide bonds. The van der Waals surface area contributed by atoms with Gasteiger partial charge >= 0.3 is 0 Å².